The van der Waals surface area contributed by atoms with Gasteiger partial charge in [0.2, 0.25) is 5.91 Å². The summed E-state index contributed by atoms with van der Waals surface area (Å²) in [5, 5.41) is 6.43. The number of carbonyl (C=O) groups is 1. The van der Waals surface area contributed by atoms with E-state index in [1.807, 2.05) is 6.92 Å². The standard InChI is InChI=1S/C24H23F3N2O5/c1-15-19(16(2)34-29-15)14-32-21-10-8-17(12-22(21)31-3)9-11-23(30)28-13-18-6-4-5-7-20(18)33-24(25,26)27/h4-12H,13-14H2,1-3H3,(H,28,30)/b11-9+. The molecule has 180 valence electrons. The van der Waals surface area contributed by atoms with Gasteiger partial charge in [-0.25, -0.2) is 0 Å². The van der Waals surface area contributed by atoms with Crippen molar-refractivity contribution in [1.82, 2.24) is 10.5 Å². The lowest BCUT2D eigenvalue weighted by Gasteiger charge is -2.13. The van der Waals surface area contributed by atoms with Gasteiger partial charge in [0.1, 0.15) is 18.1 Å². The summed E-state index contributed by atoms with van der Waals surface area (Å²) in [6.07, 6.45) is -2.00. The minimum atomic E-state index is -4.82. The van der Waals surface area contributed by atoms with E-state index in [9.17, 15) is 18.0 Å². The van der Waals surface area contributed by atoms with E-state index >= 15 is 0 Å². The molecule has 0 spiro atoms. The van der Waals surface area contributed by atoms with Gasteiger partial charge in [0, 0.05) is 18.2 Å². The van der Waals surface area contributed by atoms with Crippen molar-refractivity contribution in [2.75, 3.05) is 7.11 Å². The van der Waals surface area contributed by atoms with Crippen molar-refractivity contribution in [3.05, 3.63) is 76.7 Å². The molecular formula is C24H23F3N2O5. The molecule has 0 bridgehead atoms. The molecule has 3 aromatic rings. The zero-order valence-electron chi connectivity index (χ0n) is 18.7. The highest BCUT2D eigenvalue weighted by Crippen LogP contribution is 2.30. The molecule has 34 heavy (non-hydrogen) atoms. The van der Waals surface area contributed by atoms with Crippen molar-refractivity contribution >= 4 is 12.0 Å². The Balaban J connectivity index is 1.60. The summed E-state index contributed by atoms with van der Waals surface area (Å²) in [4.78, 5) is 12.2. The number of para-hydroxylation sites is 1. The van der Waals surface area contributed by atoms with E-state index in [0.717, 1.165) is 11.3 Å². The average molecular weight is 476 g/mol. The Morgan fingerprint density at radius 2 is 1.88 bits per heavy atom. The fourth-order valence-corrected chi connectivity index (χ4v) is 3.05. The molecule has 0 saturated heterocycles. The third kappa shape index (κ3) is 6.77. The molecule has 0 fully saturated rings. The number of nitrogens with one attached hydrogen (secondary N) is 1. The van der Waals surface area contributed by atoms with Crippen LogP contribution < -0.4 is 19.5 Å². The number of benzene rings is 2. The molecule has 0 atom stereocenters. The van der Waals surface area contributed by atoms with Crippen LogP contribution in [0.1, 0.15) is 28.1 Å². The molecule has 0 unspecified atom stereocenters. The van der Waals surface area contributed by atoms with Gasteiger partial charge < -0.3 is 24.1 Å². The Kier molecular flexibility index (Phi) is 7.83. The summed E-state index contributed by atoms with van der Waals surface area (Å²) in [5.41, 5.74) is 2.46. The first-order valence-corrected chi connectivity index (χ1v) is 10.2. The van der Waals surface area contributed by atoms with Crippen LogP contribution in [-0.2, 0) is 17.9 Å². The lowest BCUT2D eigenvalue weighted by Crippen LogP contribution is -2.22. The first-order valence-electron chi connectivity index (χ1n) is 10.2. The normalized spacial score (nSPS) is 11.5. The van der Waals surface area contributed by atoms with E-state index in [1.165, 1.54) is 31.4 Å². The monoisotopic (exact) mass is 476 g/mol. The molecule has 1 heterocycles. The highest BCUT2D eigenvalue weighted by molar-refractivity contribution is 5.91. The summed E-state index contributed by atoms with van der Waals surface area (Å²) < 4.78 is 57.9. The molecule has 7 nitrogen and oxygen atoms in total. The van der Waals surface area contributed by atoms with Gasteiger partial charge in [-0.15, -0.1) is 13.2 Å². The highest BCUT2D eigenvalue weighted by atomic mass is 19.4. The third-order valence-corrected chi connectivity index (χ3v) is 4.82. The van der Waals surface area contributed by atoms with Crippen LogP contribution >= 0.6 is 0 Å². The first kappa shape index (κ1) is 24.7. The Morgan fingerprint density at radius 3 is 2.56 bits per heavy atom. The second kappa shape index (κ2) is 10.8. The zero-order chi connectivity index (χ0) is 24.7. The van der Waals surface area contributed by atoms with Crippen LogP contribution in [0, 0.1) is 13.8 Å². The molecule has 1 aromatic heterocycles. The first-order chi connectivity index (χ1) is 16.2. The third-order valence-electron chi connectivity index (χ3n) is 4.82. The number of aromatic nitrogens is 1. The predicted octanol–water partition coefficient (Wildman–Crippen LogP) is 5.11. The van der Waals surface area contributed by atoms with Gasteiger partial charge in [-0.1, -0.05) is 29.4 Å². The number of carbonyl (C=O) groups excluding carboxylic acids is 1. The molecule has 0 aliphatic carbocycles. The van der Waals surface area contributed by atoms with Gasteiger partial charge >= 0.3 is 6.36 Å². The van der Waals surface area contributed by atoms with E-state index in [2.05, 4.69) is 15.2 Å². The van der Waals surface area contributed by atoms with Crippen molar-refractivity contribution in [2.45, 2.75) is 33.4 Å². The molecule has 0 radical (unpaired) electrons. The molecule has 2 aromatic carbocycles. The van der Waals surface area contributed by atoms with E-state index < -0.39 is 12.3 Å². The zero-order valence-corrected chi connectivity index (χ0v) is 18.7. The molecule has 0 aliphatic rings. The lowest BCUT2D eigenvalue weighted by atomic mass is 10.1. The molecule has 0 aliphatic heterocycles. The fourth-order valence-electron chi connectivity index (χ4n) is 3.05. The molecule has 0 saturated carbocycles. The topological polar surface area (TPSA) is 82.8 Å². The molecular weight excluding hydrogens is 453 g/mol. The molecule has 1 amide bonds. The van der Waals surface area contributed by atoms with Gasteiger partial charge in [0.05, 0.1) is 18.4 Å². The van der Waals surface area contributed by atoms with E-state index in [4.69, 9.17) is 14.0 Å². The van der Waals surface area contributed by atoms with Gasteiger partial charge in [-0.3, -0.25) is 4.79 Å². The van der Waals surface area contributed by atoms with Crippen molar-refractivity contribution < 1.29 is 36.7 Å². The molecule has 1 N–H and O–H groups in total. The number of halogens is 3. The summed E-state index contributed by atoms with van der Waals surface area (Å²) in [7, 11) is 1.50. The van der Waals surface area contributed by atoms with Gasteiger partial charge in [-0.05, 0) is 43.7 Å². The number of nitrogens with zero attached hydrogens (tertiary/aromatic N) is 1. The number of ether oxygens (including phenoxy) is 3. The minimum absolute atomic E-state index is 0.132. The largest absolute Gasteiger partial charge is 0.573 e. The summed E-state index contributed by atoms with van der Waals surface area (Å²) in [6.45, 7) is 3.76. The van der Waals surface area contributed by atoms with Crippen molar-refractivity contribution in [1.29, 1.82) is 0 Å². The summed E-state index contributed by atoms with van der Waals surface area (Å²) in [6, 6.07) is 10.7. The molecule has 10 heteroatoms. The predicted molar refractivity (Wildman–Crippen MR) is 117 cm³/mol. The van der Waals surface area contributed by atoms with E-state index in [0.29, 0.717) is 22.8 Å². The maximum Gasteiger partial charge on any atom is 0.573 e. The van der Waals surface area contributed by atoms with Crippen LogP contribution in [0.5, 0.6) is 17.2 Å². The van der Waals surface area contributed by atoms with Crippen LogP contribution in [0.15, 0.2) is 53.1 Å². The number of hydrogen-bond donors (Lipinski definition) is 1. The number of amides is 1. The number of aryl methyl sites for hydroxylation is 2. The van der Waals surface area contributed by atoms with Crippen molar-refractivity contribution in [3.63, 3.8) is 0 Å². The Labute approximate surface area is 194 Å². The quantitative estimate of drug-likeness (QED) is 0.433. The van der Waals surface area contributed by atoms with Crippen LogP contribution in [0.25, 0.3) is 6.08 Å². The lowest BCUT2D eigenvalue weighted by molar-refractivity contribution is -0.274. The second-order valence-corrected chi connectivity index (χ2v) is 7.21. The Morgan fingerprint density at radius 1 is 1.12 bits per heavy atom. The van der Waals surface area contributed by atoms with Gasteiger partial charge in [0.15, 0.2) is 11.5 Å². The van der Waals surface area contributed by atoms with E-state index in [1.54, 1.807) is 37.3 Å². The smallest absolute Gasteiger partial charge is 0.493 e. The maximum absolute atomic E-state index is 12.5. The number of methoxy groups -OCH3 is 1. The number of alkyl halides is 3. The van der Waals surface area contributed by atoms with Crippen molar-refractivity contribution in [2.24, 2.45) is 0 Å². The fraction of sp³-hybridized carbons (Fsp3) is 0.250. The highest BCUT2D eigenvalue weighted by Gasteiger charge is 2.31. The van der Waals surface area contributed by atoms with Gasteiger partial charge in [-0.2, -0.15) is 0 Å². The molecule has 3 rings (SSSR count). The minimum Gasteiger partial charge on any atom is -0.493 e. The summed E-state index contributed by atoms with van der Waals surface area (Å²) >= 11 is 0. The van der Waals surface area contributed by atoms with Crippen molar-refractivity contribution in [3.8, 4) is 17.2 Å². The number of rotatable bonds is 9. The summed E-state index contributed by atoms with van der Waals surface area (Å²) in [5.74, 6) is 0.795. The van der Waals surface area contributed by atoms with Crippen LogP contribution in [-0.4, -0.2) is 24.5 Å². The second-order valence-electron chi connectivity index (χ2n) is 7.21. The number of hydrogen-bond acceptors (Lipinski definition) is 6. The Bertz CT molecular complexity index is 1150. The van der Waals surface area contributed by atoms with Crippen LogP contribution in [0.4, 0.5) is 13.2 Å². The van der Waals surface area contributed by atoms with Crippen LogP contribution in [0.3, 0.4) is 0 Å². The SMILES string of the molecule is COc1cc(/C=C/C(=O)NCc2ccccc2OC(F)(F)F)ccc1OCc1c(C)noc1C. The van der Waals surface area contributed by atoms with Gasteiger partial charge in [0.25, 0.3) is 0 Å². The van der Waals surface area contributed by atoms with Crippen LogP contribution in [0.2, 0.25) is 0 Å². The maximum atomic E-state index is 12.5. The van der Waals surface area contributed by atoms with E-state index in [-0.39, 0.29) is 24.5 Å². The average Bonchev–Trinajstić information content (AvgIpc) is 3.12. The Hall–Kier alpha value is -3.95.